The van der Waals surface area contributed by atoms with Gasteiger partial charge in [0.1, 0.15) is 0 Å². The third kappa shape index (κ3) is 2.26. The first kappa shape index (κ1) is 12.6. The number of nitrogens with one attached hydrogen (secondary N) is 2. The van der Waals surface area contributed by atoms with E-state index in [0.29, 0.717) is 11.5 Å². The highest BCUT2D eigenvalue weighted by Gasteiger charge is 2.48. The van der Waals surface area contributed by atoms with Crippen LogP contribution in [0.5, 0.6) is 0 Å². The van der Waals surface area contributed by atoms with E-state index in [1.54, 1.807) is 0 Å². The second-order valence-electron chi connectivity index (χ2n) is 5.72. The summed E-state index contributed by atoms with van der Waals surface area (Å²) in [5, 5.41) is 9.54. The summed E-state index contributed by atoms with van der Waals surface area (Å²) in [7, 11) is 4.13. The smallest absolute Gasteiger partial charge is 0.0387 e. The van der Waals surface area contributed by atoms with E-state index >= 15 is 0 Å². The molecule has 1 atom stereocenters. The molecule has 2 nitrogen and oxygen atoms in total. The fourth-order valence-corrected chi connectivity index (χ4v) is 3.29. The van der Waals surface area contributed by atoms with Crippen molar-refractivity contribution in [3.8, 4) is 0 Å². The van der Waals surface area contributed by atoms with E-state index < -0.39 is 0 Å². The molecular weight excluding hydrogens is 232 g/mol. The number of hydrogen-bond acceptors (Lipinski definition) is 2. The summed E-state index contributed by atoms with van der Waals surface area (Å²) < 4.78 is 0. The molecule has 0 radical (unpaired) electrons. The Bertz CT molecular complexity index is 572. The van der Waals surface area contributed by atoms with E-state index in [4.69, 9.17) is 0 Å². The Hall–Kier alpha value is -1.38. The minimum atomic E-state index is 0.409. The number of hydrogen-bond donors (Lipinski definition) is 2. The lowest BCUT2D eigenvalue weighted by atomic mass is 9.89. The van der Waals surface area contributed by atoms with Crippen LogP contribution in [0.15, 0.2) is 42.5 Å². The third-order valence-corrected chi connectivity index (χ3v) is 4.43. The molecule has 2 aromatic carbocycles. The SMILES string of the molecule is CNCC1(C(NC)c2ccc3ccccc3c2)CC1. The largest absolute Gasteiger partial charge is 0.319 e. The minimum Gasteiger partial charge on any atom is -0.319 e. The summed E-state index contributed by atoms with van der Waals surface area (Å²) in [5.74, 6) is 0. The Morgan fingerprint density at radius 1 is 1.05 bits per heavy atom. The average Bonchev–Trinajstić information content (AvgIpc) is 3.20. The van der Waals surface area contributed by atoms with Gasteiger partial charge >= 0.3 is 0 Å². The van der Waals surface area contributed by atoms with Crippen LogP contribution in [-0.2, 0) is 0 Å². The van der Waals surface area contributed by atoms with Gasteiger partial charge in [-0.05, 0) is 49.3 Å². The lowest BCUT2D eigenvalue weighted by Crippen LogP contribution is -2.33. The molecular formula is C17H22N2. The molecule has 0 spiro atoms. The first-order valence-corrected chi connectivity index (χ1v) is 7.10. The fourth-order valence-electron chi connectivity index (χ4n) is 3.29. The first-order chi connectivity index (χ1) is 9.29. The van der Waals surface area contributed by atoms with Crippen LogP contribution in [0.25, 0.3) is 10.8 Å². The molecule has 3 rings (SSSR count). The van der Waals surface area contributed by atoms with Crippen LogP contribution in [0.2, 0.25) is 0 Å². The zero-order valence-corrected chi connectivity index (χ0v) is 11.7. The van der Waals surface area contributed by atoms with E-state index in [0.717, 1.165) is 6.54 Å². The topological polar surface area (TPSA) is 24.1 Å². The molecule has 1 unspecified atom stereocenters. The highest BCUT2D eigenvalue weighted by Crippen LogP contribution is 2.54. The molecule has 2 N–H and O–H groups in total. The molecule has 0 heterocycles. The number of rotatable bonds is 5. The van der Waals surface area contributed by atoms with Crippen LogP contribution in [0.3, 0.4) is 0 Å². The predicted octanol–water partition coefficient (Wildman–Crippen LogP) is 3.10. The number of benzene rings is 2. The lowest BCUT2D eigenvalue weighted by molar-refractivity contribution is 0.347. The number of fused-ring (bicyclic) bond motifs is 1. The Kier molecular flexibility index (Phi) is 3.29. The molecule has 0 amide bonds. The zero-order chi connectivity index (χ0) is 13.3. The molecule has 1 aliphatic rings. The van der Waals surface area contributed by atoms with Crippen molar-refractivity contribution in [3.05, 3.63) is 48.0 Å². The molecule has 0 bridgehead atoms. The summed E-state index contributed by atoms with van der Waals surface area (Å²) >= 11 is 0. The van der Waals surface area contributed by atoms with Gasteiger partial charge in [0.05, 0.1) is 0 Å². The molecule has 1 fully saturated rings. The van der Waals surface area contributed by atoms with Gasteiger partial charge in [-0.15, -0.1) is 0 Å². The van der Waals surface area contributed by atoms with Crippen LogP contribution in [0.1, 0.15) is 24.4 Å². The first-order valence-electron chi connectivity index (χ1n) is 7.10. The van der Waals surface area contributed by atoms with Crippen molar-refractivity contribution in [1.29, 1.82) is 0 Å². The van der Waals surface area contributed by atoms with Gasteiger partial charge in [-0.1, -0.05) is 36.4 Å². The Labute approximate surface area is 115 Å². The van der Waals surface area contributed by atoms with E-state index in [9.17, 15) is 0 Å². The van der Waals surface area contributed by atoms with Crippen LogP contribution >= 0.6 is 0 Å². The molecule has 2 aromatic rings. The lowest BCUT2D eigenvalue weighted by Gasteiger charge is -2.27. The van der Waals surface area contributed by atoms with Crippen molar-refractivity contribution in [1.82, 2.24) is 10.6 Å². The van der Waals surface area contributed by atoms with Crippen molar-refractivity contribution < 1.29 is 0 Å². The summed E-state index contributed by atoms with van der Waals surface area (Å²) in [5.41, 5.74) is 1.82. The van der Waals surface area contributed by atoms with Crippen molar-refractivity contribution >= 4 is 10.8 Å². The van der Waals surface area contributed by atoms with Crippen molar-refractivity contribution in [2.45, 2.75) is 18.9 Å². The molecule has 100 valence electrons. The standard InChI is InChI=1S/C17H22N2/c1-18-12-17(9-10-17)16(19-2)15-8-7-13-5-3-4-6-14(13)11-15/h3-8,11,16,18-19H,9-10,12H2,1-2H3. The summed E-state index contributed by atoms with van der Waals surface area (Å²) in [4.78, 5) is 0. The molecule has 2 heteroatoms. The maximum absolute atomic E-state index is 3.53. The van der Waals surface area contributed by atoms with Gasteiger partial charge in [0, 0.05) is 18.0 Å². The van der Waals surface area contributed by atoms with Gasteiger partial charge in [0.2, 0.25) is 0 Å². The maximum Gasteiger partial charge on any atom is 0.0387 e. The van der Waals surface area contributed by atoms with Gasteiger partial charge in [-0.2, -0.15) is 0 Å². The Balaban J connectivity index is 1.97. The maximum atomic E-state index is 3.53. The molecule has 0 aromatic heterocycles. The van der Waals surface area contributed by atoms with Crippen molar-refractivity contribution in [2.24, 2.45) is 5.41 Å². The van der Waals surface area contributed by atoms with Crippen LogP contribution in [0.4, 0.5) is 0 Å². The normalized spacial score (nSPS) is 18.4. The van der Waals surface area contributed by atoms with E-state index in [1.165, 1.54) is 29.2 Å². The molecule has 19 heavy (non-hydrogen) atoms. The van der Waals surface area contributed by atoms with Gasteiger partial charge in [-0.25, -0.2) is 0 Å². The van der Waals surface area contributed by atoms with Gasteiger partial charge in [0.15, 0.2) is 0 Å². The van der Waals surface area contributed by atoms with Gasteiger partial charge in [0.25, 0.3) is 0 Å². The Morgan fingerprint density at radius 2 is 1.79 bits per heavy atom. The highest BCUT2D eigenvalue weighted by atomic mass is 15.0. The summed E-state index contributed by atoms with van der Waals surface area (Å²) in [6, 6.07) is 15.9. The third-order valence-electron chi connectivity index (χ3n) is 4.43. The Morgan fingerprint density at radius 3 is 2.42 bits per heavy atom. The molecule has 0 aliphatic heterocycles. The van der Waals surface area contributed by atoms with Crippen LogP contribution in [0, 0.1) is 5.41 Å². The fraction of sp³-hybridized carbons (Fsp3) is 0.412. The van der Waals surface area contributed by atoms with E-state index in [-0.39, 0.29) is 0 Å². The van der Waals surface area contributed by atoms with Crippen molar-refractivity contribution in [3.63, 3.8) is 0 Å². The van der Waals surface area contributed by atoms with Crippen LogP contribution in [-0.4, -0.2) is 20.6 Å². The summed E-state index contributed by atoms with van der Waals surface area (Å²) in [6.07, 6.45) is 2.62. The molecule has 1 aliphatic carbocycles. The van der Waals surface area contributed by atoms with Gasteiger partial charge < -0.3 is 10.6 Å². The monoisotopic (exact) mass is 254 g/mol. The molecule has 0 saturated heterocycles. The minimum absolute atomic E-state index is 0.409. The second kappa shape index (κ2) is 4.95. The van der Waals surface area contributed by atoms with Gasteiger partial charge in [-0.3, -0.25) is 0 Å². The van der Waals surface area contributed by atoms with Crippen molar-refractivity contribution in [2.75, 3.05) is 20.6 Å². The van der Waals surface area contributed by atoms with Crippen LogP contribution < -0.4 is 10.6 Å². The quantitative estimate of drug-likeness (QED) is 0.856. The summed E-state index contributed by atoms with van der Waals surface area (Å²) in [6.45, 7) is 1.09. The van der Waals surface area contributed by atoms with E-state index in [2.05, 4.69) is 60.1 Å². The predicted molar refractivity (Wildman–Crippen MR) is 81.3 cm³/mol. The van der Waals surface area contributed by atoms with E-state index in [1.807, 2.05) is 7.05 Å². The zero-order valence-electron chi connectivity index (χ0n) is 11.7. The average molecular weight is 254 g/mol. The second-order valence-corrected chi connectivity index (χ2v) is 5.72. The molecule has 1 saturated carbocycles. The highest BCUT2D eigenvalue weighted by molar-refractivity contribution is 5.83.